The van der Waals surface area contributed by atoms with Crippen LogP contribution >= 0.6 is 27.5 Å². The average Bonchev–Trinajstić information content (AvgIpc) is 2.17. The second-order valence-corrected chi connectivity index (χ2v) is 4.27. The number of halogens is 2. The molecular formula is C11H14BrCl. The van der Waals surface area contributed by atoms with Crippen molar-refractivity contribution >= 4 is 27.5 Å². The van der Waals surface area contributed by atoms with Gasteiger partial charge in [0, 0.05) is 10.4 Å². The third kappa shape index (κ3) is 3.32. The van der Waals surface area contributed by atoms with Crippen LogP contribution in [0, 0.1) is 0 Å². The molecule has 1 rings (SSSR count). The van der Waals surface area contributed by atoms with Crippen LogP contribution < -0.4 is 0 Å². The van der Waals surface area contributed by atoms with E-state index in [0.717, 1.165) is 29.6 Å². The molecular weight excluding hydrogens is 247 g/mol. The summed E-state index contributed by atoms with van der Waals surface area (Å²) in [7, 11) is 0. The van der Waals surface area contributed by atoms with E-state index >= 15 is 0 Å². The van der Waals surface area contributed by atoms with Crippen molar-refractivity contribution in [1.29, 1.82) is 0 Å². The number of rotatable bonds is 4. The molecule has 0 aromatic heterocycles. The molecule has 0 heterocycles. The summed E-state index contributed by atoms with van der Waals surface area (Å²) in [5, 5.41) is 1.94. The molecule has 0 aliphatic carbocycles. The van der Waals surface area contributed by atoms with Gasteiger partial charge in [-0.1, -0.05) is 46.6 Å². The van der Waals surface area contributed by atoms with E-state index in [2.05, 4.69) is 35.0 Å². The Morgan fingerprint density at radius 1 is 1.38 bits per heavy atom. The molecule has 0 N–H and O–H groups in total. The molecule has 1 aromatic carbocycles. The third-order valence-corrected chi connectivity index (χ3v) is 3.03. The average molecular weight is 262 g/mol. The fourth-order valence-electron chi connectivity index (χ4n) is 1.30. The minimum absolute atomic E-state index is 0.901. The Morgan fingerprint density at radius 2 is 2.15 bits per heavy atom. The van der Waals surface area contributed by atoms with Gasteiger partial charge in [-0.2, -0.15) is 0 Å². The minimum atomic E-state index is 0.901. The second-order valence-electron chi connectivity index (χ2n) is 3.07. The van der Waals surface area contributed by atoms with Crippen LogP contribution in [0.5, 0.6) is 0 Å². The number of hydrogen-bond acceptors (Lipinski definition) is 0. The molecule has 1 aromatic rings. The molecule has 0 nitrogen and oxygen atoms in total. The summed E-state index contributed by atoms with van der Waals surface area (Å²) in [6.07, 6.45) is 3.29. The first kappa shape index (κ1) is 11.1. The van der Waals surface area contributed by atoms with Crippen LogP contribution in [0.15, 0.2) is 18.2 Å². The van der Waals surface area contributed by atoms with Crippen LogP contribution in [0.1, 0.15) is 24.5 Å². The van der Waals surface area contributed by atoms with E-state index in [1.807, 2.05) is 6.07 Å². The first-order valence-corrected chi connectivity index (χ1v) is 6.11. The minimum Gasteiger partial charge on any atom is -0.0928 e. The van der Waals surface area contributed by atoms with Gasteiger partial charge in [0.2, 0.25) is 0 Å². The van der Waals surface area contributed by atoms with E-state index in [-0.39, 0.29) is 0 Å². The van der Waals surface area contributed by atoms with Crippen LogP contribution in [0.4, 0.5) is 0 Å². The van der Waals surface area contributed by atoms with Crippen LogP contribution in [0.3, 0.4) is 0 Å². The Hall–Kier alpha value is -0.0100. The van der Waals surface area contributed by atoms with E-state index in [0.29, 0.717) is 0 Å². The Bertz CT molecular complexity index is 271. The van der Waals surface area contributed by atoms with Crippen molar-refractivity contribution in [2.24, 2.45) is 0 Å². The van der Waals surface area contributed by atoms with Crippen molar-refractivity contribution in [2.45, 2.75) is 26.2 Å². The number of aryl methyl sites for hydroxylation is 2. The fraction of sp³-hybridized carbons (Fsp3) is 0.455. The van der Waals surface area contributed by atoms with Crippen molar-refractivity contribution < 1.29 is 0 Å². The molecule has 0 bridgehead atoms. The molecule has 0 spiro atoms. The zero-order valence-corrected chi connectivity index (χ0v) is 10.2. The molecule has 0 fully saturated rings. The van der Waals surface area contributed by atoms with E-state index in [9.17, 15) is 0 Å². The molecule has 2 heteroatoms. The molecule has 0 aliphatic rings. The molecule has 0 unspecified atom stereocenters. The monoisotopic (exact) mass is 260 g/mol. The van der Waals surface area contributed by atoms with Gasteiger partial charge in [0.15, 0.2) is 0 Å². The van der Waals surface area contributed by atoms with Crippen molar-refractivity contribution in [2.75, 3.05) is 5.33 Å². The first-order valence-electron chi connectivity index (χ1n) is 4.61. The zero-order valence-electron chi connectivity index (χ0n) is 7.82. The van der Waals surface area contributed by atoms with Crippen LogP contribution in [-0.4, -0.2) is 5.33 Å². The molecule has 0 saturated carbocycles. The molecule has 0 amide bonds. The first-order chi connectivity index (χ1) is 6.27. The van der Waals surface area contributed by atoms with Crippen molar-refractivity contribution in [3.8, 4) is 0 Å². The predicted octanol–water partition coefficient (Wildman–Crippen LogP) is 4.23. The summed E-state index contributed by atoms with van der Waals surface area (Å²) in [5.74, 6) is 0. The number of benzene rings is 1. The van der Waals surface area contributed by atoms with Gasteiger partial charge in [0.05, 0.1) is 0 Å². The van der Waals surface area contributed by atoms with E-state index < -0.39 is 0 Å². The van der Waals surface area contributed by atoms with Gasteiger partial charge >= 0.3 is 0 Å². The standard InChI is InChI=1S/C11H14BrCl/c1-2-9-5-6-11(13)10(8-9)4-3-7-12/h5-6,8H,2-4,7H2,1H3. The van der Waals surface area contributed by atoms with Gasteiger partial charge in [-0.15, -0.1) is 0 Å². The molecule has 0 atom stereocenters. The maximum absolute atomic E-state index is 6.07. The van der Waals surface area contributed by atoms with Crippen LogP contribution in [0.25, 0.3) is 0 Å². The molecule has 13 heavy (non-hydrogen) atoms. The summed E-state index contributed by atoms with van der Waals surface area (Å²) in [6, 6.07) is 6.31. The van der Waals surface area contributed by atoms with Crippen LogP contribution in [0.2, 0.25) is 5.02 Å². The Balaban J connectivity index is 2.78. The van der Waals surface area contributed by atoms with Gasteiger partial charge in [-0.25, -0.2) is 0 Å². The SMILES string of the molecule is CCc1ccc(Cl)c(CCCBr)c1. The Kier molecular flexibility index (Phi) is 4.82. The lowest BCUT2D eigenvalue weighted by Crippen LogP contribution is -1.90. The summed E-state index contributed by atoms with van der Waals surface area (Å²) in [5.41, 5.74) is 2.65. The lowest BCUT2D eigenvalue weighted by atomic mass is 10.1. The molecule has 72 valence electrons. The molecule has 0 saturated heterocycles. The van der Waals surface area contributed by atoms with E-state index in [4.69, 9.17) is 11.6 Å². The predicted molar refractivity (Wildman–Crippen MR) is 62.9 cm³/mol. The highest BCUT2D eigenvalue weighted by molar-refractivity contribution is 9.09. The Labute approximate surface area is 93.4 Å². The summed E-state index contributed by atoms with van der Waals surface area (Å²) in [6.45, 7) is 2.16. The quantitative estimate of drug-likeness (QED) is 0.712. The highest BCUT2D eigenvalue weighted by Crippen LogP contribution is 2.19. The summed E-state index contributed by atoms with van der Waals surface area (Å²) < 4.78 is 0. The lowest BCUT2D eigenvalue weighted by Gasteiger charge is -2.05. The topological polar surface area (TPSA) is 0 Å². The highest BCUT2D eigenvalue weighted by atomic mass is 79.9. The van der Waals surface area contributed by atoms with Gasteiger partial charge in [0.1, 0.15) is 0 Å². The maximum Gasteiger partial charge on any atom is 0.0438 e. The van der Waals surface area contributed by atoms with Crippen LogP contribution in [-0.2, 0) is 12.8 Å². The molecule has 0 aliphatic heterocycles. The number of alkyl halides is 1. The second kappa shape index (κ2) is 5.66. The largest absolute Gasteiger partial charge is 0.0928 e. The van der Waals surface area contributed by atoms with Crippen molar-refractivity contribution in [3.63, 3.8) is 0 Å². The molecule has 0 radical (unpaired) electrons. The van der Waals surface area contributed by atoms with Gasteiger partial charge < -0.3 is 0 Å². The lowest BCUT2D eigenvalue weighted by molar-refractivity contribution is 0.934. The number of hydrogen-bond donors (Lipinski definition) is 0. The van der Waals surface area contributed by atoms with Crippen molar-refractivity contribution in [3.05, 3.63) is 34.3 Å². The normalized spacial score (nSPS) is 10.4. The van der Waals surface area contributed by atoms with E-state index in [1.165, 1.54) is 11.1 Å². The summed E-state index contributed by atoms with van der Waals surface area (Å²) in [4.78, 5) is 0. The fourth-order valence-corrected chi connectivity index (χ4v) is 1.79. The van der Waals surface area contributed by atoms with Gasteiger partial charge in [0.25, 0.3) is 0 Å². The van der Waals surface area contributed by atoms with Gasteiger partial charge in [-0.05, 0) is 36.5 Å². The van der Waals surface area contributed by atoms with Crippen molar-refractivity contribution in [1.82, 2.24) is 0 Å². The highest BCUT2D eigenvalue weighted by Gasteiger charge is 2.00. The maximum atomic E-state index is 6.07. The van der Waals surface area contributed by atoms with E-state index in [1.54, 1.807) is 0 Å². The zero-order chi connectivity index (χ0) is 9.68. The smallest absolute Gasteiger partial charge is 0.0438 e. The summed E-state index contributed by atoms with van der Waals surface area (Å²) >= 11 is 9.50. The third-order valence-electron chi connectivity index (χ3n) is 2.10. The Morgan fingerprint density at radius 3 is 2.77 bits per heavy atom. The van der Waals surface area contributed by atoms with Gasteiger partial charge in [-0.3, -0.25) is 0 Å².